The lowest BCUT2D eigenvalue weighted by molar-refractivity contribution is -0.157. The number of carbonyl (C=O) groups excluding carboxylic acids is 2. The van der Waals surface area contributed by atoms with E-state index in [-0.39, 0.29) is 6.42 Å². The third-order valence-corrected chi connectivity index (χ3v) is 0.958. The largest absolute Gasteiger partial charge is 0.398 e. The average molecular weight is 173 g/mol. The van der Waals surface area contributed by atoms with Gasteiger partial charge in [-0.2, -0.15) is 5.48 Å². The van der Waals surface area contributed by atoms with Gasteiger partial charge in [-0.1, -0.05) is 6.92 Å². The maximum Gasteiger partial charge on any atom is 0.398 e. The van der Waals surface area contributed by atoms with Crippen LogP contribution in [0.1, 0.15) is 19.8 Å². The van der Waals surface area contributed by atoms with Gasteiger partial charge in [-0.15, -0.1) is 0 Å². The molecular weight excluding hydrogens is 162 g/mol. The van der Waals surface area contributed by atoms with E-state index in [1.54, 1.807) is 12.4 Å². The maximum absolute atomic E-state index is 10.7. The molecule has 0 spiro atoms. The second kappa shape index (κ2) is 5.11. The molecule has 0 aliphatic rings. The highest BCUT2D eigenvalue weighted by molar-refractivity contribution is 6.33. The third-order valence-electron chi connectivity index (χ3n) is 0.958. The summed E-state index contributed by atoms with van der Waals surface area (Å²) in [4.78, 5) is 25.5. The van der Waals surface area contributed by atoms with Gasteiger partial charge in [0.25, 0.3) is 0 Å². The molecule has 0 aromatic rings. The molecule has 0 fully saturated rings. The van der Waals surface area contributed by atoms with E-state index < -0.39 is 17.7 Å². The summed E-state index contributed by atoms with van der Waals surface area (Å²) in [6.07, 6.45) is 0.715. The molecule has 0 heterocycles. The highest BCUT2D eigenvalue weighted by atomic mass is 16.7. The maximum atomic E-state index is 10.7. The standard InChI is InChI=1S/C6H11N3O3/c1-2-3-4(10)5(11)12-9-6(7)8/h2-3H2,1H3,(H4,7,8,9). The van der Waals surface area contributed by atoms with Crippen molar-refractivity contribution in [3.63, 3.8) is 0 Å². The zero-order valence-corrected chi connectivity index (χ0v) is 6.72. The Kier molecular flexibility index (Phi) is 4.43. The lowest BCUT2D eigenvalue weighted by Crippen LogP contribution is -2.34. The fraction of sp³-hybridized carbons (Fsp3) is 0.500. The smallest absolute Gasteiger partial charge is 0.368 e. The van der Waals surface area contributed by atoms with Crippen molar-refractivity contribution < 1.29 is 14.4 Å². The lowest BCUT2D eigenvalue weighted by Gasteiger charge is -2.01. The van der Waals surface area contributed by atoms with E-state index in [9.17, 15) is 9.59 Å². The van der Waals surface area contributed by atoms with E-state index >= 15 is 0 Å². The van der Waals surface area contributed by atoms with E-state index in [0.29, 0.717) is 6.42 Å². The Balaban J connectivity index is 3.72. The number of guanidine groups is 1. The number of hydrogen-bond donors (Lipinski definition) is 3. The number of rotatable bonds is 3. The van der Waals surface area contributed by atoms with E-state index in [1.807, 2.05) is 0 Å². The van der Waals surface area contributed by atoms with E-state index in [2.05, 4.69) is 4.84 Å². The highest BCUT2D eigenvalue weighted by Crippen LogP contribution is 1.90. The molecule has 12 heavy (non-hydrogen) atoms. The summed E-state index contributed by atoms with van der Waals surface area (Å²) in [6.45, 7) is 1.77. The third kappa shape index (κ3) is 4.26. The first-order valence-corrected chi connectivity index (χ1v) is 3.42. The summed E-state index contributed by atoms with van der Waals surface area (Å²) in [7, 11) is 0. The van der Waals surface area contributed by atoms with Crippen molar-refractivity contribution in [2.24, 2.45) is 5.73 Å². The minimum absolute atomic E-state index is 0.137. The zero-order valence-electron chi connectivity index (χ0n) is 6.72. The van der Waals surface area contributed by atoms with Crippen LogP contribution in [0, 0.1) is 5.41 Å². The van der Waals surface area contributed by atoms with Crippen molar-refractivity contribution in [1.29, 1.82) is 5.41 Å². The Labute approximate surface area is 69.5 Å². The number of ketones is 1. The van der Waals surface area contributed by atoms with Gasteiger partial charge in [0.2, 0.25) is 11.7 Å². The van der Waals surface area contributed by atoms with Gasteiger partial charge in [-0.05, 0) is 6.42 Å². The first-order valence-electron chi connectivity index (χ1n) is 3.42. The SMILES string of the molecule is CCCC(=O)C(=O)ONC(=N)N. The quantitative estimate of drug-likeness (QED) is 0.226. The Bertz CT molecular complexity index is 202. The molecule has 0 saturated heterocycles. The van der Waals surface area contributed by atoms with Crippen LogP contribution >= 0.6 is 0 Å². The predicted molar refractivity (Wildman–Crippen MR) is 41.1 cm³/mol. The van der Waals surface area contributed by atoms with Crippen LogP contribution in [-0.2, 0) is 14.4 Å². The molecule has 0 bridgehead atoms. The summed E-state index contributed by atoms with van der Waals surface area (Å²) in [5, 5.41) is 6.61. The molecule has 0 aromatic carbocycles. The predicted octanol–water partition coefficient (Wildman–Crippen LogP) is -0.703. The molecule has 0 atom stereocenters. The number of hydroxylamine groups is 1. The first-order chi connectivity index (χ1) is 5.57. The van der Waals surface area contributed by atoms with Crippen LogP contribution < -0.4 is 11.2 Å². The summed E-state index contributed by atoms with van der Waals surface area (Å²) in [5.74, 6) is -2.18. The van der Waals surface area contributed by atoms with Crippen molar-refractivity contribution in [1.82, 2.24) is 5.48 Å². The number of nitrogens with one attached hydrogen (secondary N) is 2. The van der Waals surface area contributed by atoms with E-state index in [4.69, 9.17) is 11.1 Å². The van der Waals surface area contributed by atoms with Gasteiger partial charge in [0.15, 0.2) is 0 Å². The van der Waals surface area contributed by atoms with Crippen molar-refractivity contribution in [3.8, 4) is 0 Å². The molecule has 0 aliphatic carbocycles. The van der Waals surface area contributed by atoms with Crippen molar-refractivity contribution in [2.45, 2.75) is 19.8 Å². The molecule has 6 nitrogen and oxygen atoms in total. The van der Waals surface area contributed by atoms with E-state index in [1.165, 1.54) is 0 Å². The van der Waals surface area contributed by atoms with Gasteiger partial charge in [0, 0.05) is 6.42 Å². The minimum atomic E-state index is -1.02. The van der Waals surface area contributed by atoms with Gasteiger partial charge in [-0.25, -0.2) is 4.79 Å². The Morgan fingerprint density at radius 2 is 2.17 bits per heavy atom. The van der Waals surface area contributed by atoms with Gasteiger partial charge >= 0.3 is 5.97 Å². The Morgan fingerprint density at radius 1 is 1.58 bits per heavy atom. The van der Waals surface area contributed by atoms with Gasteiger partial charge in [-0.3, -0.25) is 10.2 Å². The molecule has 0 aromatic heterocycles. The minimum Gasteiger partial charge on any atom is -0.368 e. The van der Waals surface area contributed by atoms with Crippen LogP contribution in [0.2, 0.25) is 0 Å². The van der Waals surface area contributed by atoms with E-state index in [0.717, 1.165) is 0 Å². The van der Waals surface area contributed by atoms with Crippen LogP contribution in [0.15, 0.2) is 0 Å². The second-order valence-electron chi connectivity index (χ2n) is 2.08. The van der Waals surface area contributed by atoms with Crippen molar-refractivity contribution in [3.05, 3.63) is 0 Å². The number of carbonyl (C=O) groups is 2. The zero-order chi connectivity index (χ0) is 9.56. The number of hydrogen-bond acceptors (Lipinski definition) is 4. The van der Waals surface area contributed by atoms with Crippen molar-refractivity contribution in [2.75, 3.05) is 0 Å². The monoisotopic (exact) mass is 173 g/mol. The molecule has 0 unspecified atom stereocenters. The fourth-order valence-electron chi connectivity index (χ4n) is 0.487. The molecule has 0 radical (unpaired) electrons. The van der Waals surface area contributed by atoms with Crippen LogP contribution in [0.4, 0.5) is 0 Å². The number of nitrogens with two attached hydrogens (primary N) is 1. The van der Waals surface area contributed by atoms with Gasteiger partial charge in [0.05, 0.1) is 0 Å². The van der Waals surface area contributed by atoms with Crippen LogP contribution in [-0.4, -0.2) is 17.7 Å². The Hall–Kier alpha value is -1.59. The summed E-state index contributed by atoms with van der Waals surface area (Å²) in [5.41, 5.74) is 6.57. The summed E-state index contributed by atoms with van der Waals surface area (Å²) < 4.78 is 0. The Morgan fingerprint density at radius 3 is 2.58 bits per heavy atom. The first kappa shape index (κ1) is 10.4. The fourth-order valence-corrected chi connectivity index (χ4v) is 0.487. The van der Waals surface area contributed by atoms with Crippen LogP contribution in [0.5, 0.6) is 0 Å². The van der Waals surface area contributed by atoms with Crippen LogP contribution in [0.25, 0.3) is 0 Å². The summed E-state index contributed by atoms with van der Waals surface area (Å²) in [6, 6.07) is 0. The molecule has 0 saturated carbocycles. The van der Waals surface area contributed by atoms with Gasteiger partial charge in [0.1, 0.15) is 0 Å². The molecule has 0 rings (SSSR count). The molecular formula is C6H11N3O3. The summed E-state index contributed by atoms with van der Waals surface area (Å²) >= 11 is 0. The number of Topliss-reactive ketones (excluding diaryl/α,β-unsaturated/α-hetero) is 1. The average Bonchev–Trinajstić information content (AvgIpc) is 2.00. The van der Waals surface area contributed by atoms with Crippen LogP contribution in [0.3, 0.4) is 0 Å². The topological polar surface area (TPSA) is 105 Å². The van der Waals surface area contributed by atoms with Crippen molar-refractivity contribution >= 4 is 17.7 Å². The molecule has 0 aliphatic heterocycles. The highest BCUT2D eigenvalue weighted by Gasteiger charge is 2.14. The van der Waals surface area contributed by atoms with Gasteiger partial charge < -0.3 is 10.6 Å². The second-order valence-corrected chi connectivity index (χ2v) is 2.08. The lowest BCUT2D eigenvalue weighted by atomic mass is 10.2. The normalized spacial score (nSPS) is 8.75. The molecule has 0 amide bonds. The molecule has 4 N–H and O–H groups in total. The molecule has 6 heteroatoms. The molecule has 68 valence electrons.